The van der Waals surface area contributed by atoms with Crippen LogP contribution in [0.4, 0.5) is 0 Å². The Bertz CT molecular complexity index is 746. The van der Waals surface area contributed by atoms with Gasteiger partial charge in [-0.05, 0) is 31.5 Å². The van der Waals surface area contributed by atoms with E-state index < -0.39 is 11.5 Å². The van der Waals surface area contributed by atoms with Crippen molar-refractivity contribution in [3.8, 4) is 23.0 Å². The summed E-state index contributed by atoms with van der Waals surface area (Å²) in [5, 5.41) is 28.9. The van der Waals surface area contributed by atoms with E-state index in [1.54, 1.807) is 26.0 Å². The van der Waals surface area contributed by atoms with Crippen molar-refractivity contribution in [2.45, 2.75) is 25.4 Å². The number of benzene rings is 2. The predicted octanol–water partition coefficient (Wildman–Crippen LogP) is 2.94. The zero-order valence-electron chi connectivity index (χ0n) is 12.2. The first-order valence-electron chi connectivity index (χ1n) is 6.88. The second-order valence-corrected chi connectivity index (χ2v) is 5.93. The normalized spacial score (nSPS) is 19.4. The van der Waals surface area contributed by atoms with Crippen LogP contribution in [0.15, 0.2) is 36.4 Å². The van der Waals surface area contributed by atoms with Crippen molar-refractivity contribution in [2.24, 2.45) is 0 Å². The largest absolute Gasteiger partial charge is 0.508 e. The highest BCUT2D eigenvalue weighted by atomic mass is 16.5. The van der Waals surface area contributed by atoms with Crippen molar-refractivity contribution in [1.29, 1.82) is 0 Å². The zero-order chi connectivity index (χ0) is 16.1. The van der Waals surface area contributed by atoms with Crippen LogP contribution < -0.4 is 4.74 Å². The van der Waals surface area contributed by atoms with Crippen LogP contribution in [0.25, 0.3) is 0 Å². The molecule has 0 amide bonds. The highest BCUT2D eigenvalue weighted by Crippen LogP contribution is 2.46. The number of hydrogen-bond donors (Lipinski definition) is 3. The standard InChI is InChI=1S/C17H16O5/c1-17(2)15(9-3-5-10(18)6-4-9)16(21)14-12(20)7-11(19)8-13(14)22-17/h3-8,15,18-20H,1-2H3. The summed E-state index contributed by atoms with van der Waals surface area (Å²) in [7, 11) is 0. The molecular weight excluding hydrogens is 284 g/mol. The van der Waals surface area contributed by atoms with Crippen molar-refractivity contribution in [2.75, 3.05) is 0 Å². The minimum Gasteiger partial charge on any atom is -0.508 e. The van der Waals surface area contributed by atoms with E-state index in [0.29, 0.717) is 5.56 Å². The highest BCUT2D eigenvalue weighted by Gasteiger charge is 2.45. The number of phenolic OH excluding ortho intramolecular Hbond substituents is 3. The summed E-state index contributed by atoms with van der Waals surface area (Å²) >= 11 is 0. The predicted molar refractivity (Wildman–Crippen MR) is 79.7 cm³/mol. The van der Waals surface area contributed by atoms with Gasteiger partial charge in [0.1, 0.15) is 34.2 Å². The van der Waals surface area contributed by atoms with Gasteiger partial charge in [0.2, 0.25) is 0 Å². The van der Waals surface area contributed by atoms with Crippen molar-refractivity contribution >= 4 is 5.78 Å². The van der Waals surface area contributed by atoms with Gasteiger partial charge in [-0.2, -0.15) is 0 Å². The molecule has 0 bridgehead atoms. The van der Waals surface area contributed by atoms with E-state index in [0.717, 1.165) is 6.07 Å². The van der Waals surface area contributed by atoms with Gasteiger partial charge in [0.05, 0.1) is 5.92 Å². The van der Waals surface area contributed by atoms with Crippen molar-refractivity contribution in [1.82, 2.24) is 0 Å². The fourth-order valence-corrected chi connectivity index (χ4v) is 2.94. The Morgan fingerprint density at radius 2 is 1.64 bits per heavy atom. The lowest BCUT2D eigenvalue weighted by Gasteiger charge is -2.39. The van der Waals surface area contributed by atoms with Gasteiger partial charge in [-0.25, -0.2) is 0 Å². The van der Waals surface area contributed by atoms with Crippen LogP contribution in [-0.4, -0.2) is 26.7 Å². The quantitative estimate of drug-likeness (QED) is 0.753. The summed E-state index contributed by atoms with van der Waals surface area (Å²) < 4.78 is 5.85. The number of carbonyl (C=O) groups excluding carboxylic acids is 1. The average molecular weight is 300 g/mol. The van der Waals surface area contributed by atoms with Crippen molar-refractivity contribution in [3.05, 3.63) is 47.5 Å². The summed E-state index contributed by atoms with van der Waals surface area (Å²) in [6.45, 7) is 3.54. The Kier molecular flexibility index (Phi) is 3.02. The van der Waals surface area contributed by atoms with Crippen molar-refractivity contribution < 1.29 is 24.9 Å². The molecule has 3 rings (SSSR count). The van der Waals surface area contributed by atoms with Crippen LogP contribution in [-0.2, 0) is 0 Å². The number of aromatic hydroxyl groups is 3. The molecule has 1 aliphatic heterocycles. The molecule has 3 N–H and O–H groups in total. The number of fused-ring (bicyclic) bond motifs is 1. The van der Waals surface area contributed by atoms with Gasteiger partial charge in [0.15, 0.2) is 5.78 Å². The number of carbonyl (C=O) groups is 1. The SMILES string of the molecule is CC1(C)Oc2cc(O)cc(O)c2C(=O)C1c1ccc(O)cc1. The molecule has 0 saturated carbocycles. The third-order valence-corrected chi connectivity index (χ3v) is 3.87. The van der Waals surface area contributed by atoms with Gasteiger partial charge >= 0.3 is 0 Å². The molecule has 5 heteroatoms. The number of phenols is 3. The lowest BCUT2D eigenvalue weighted by Crippen LogP contribution is -2.44. The van der Waals surface area contributed by atoms with Crippen LogP contribution in [0.1, 0.15) is 35.7 Å². The molecule has 114 valence electrons. The molecule has 0 fully saturated rings. The first kappa shape index (κ1) is 14.3. The number of ketones is 1. The monoisotopic (exact) mass is 300 g/mol. The van der Waals surface area contributed by atoms with Gasteiger partial charge < -0.3 is 20.1 Å². The molecule has 0 radical (unpaired) electrons. The van der Waals surface area contributed by atoms with E-state index in [2.05, 4.69) is 0 Å². The highest BCUT2D eigenvalue weighted by molar-refractivity contribution is 6.07. The van der Waals surface area contributed by atoms with E-state index in [-0.39, 0.29) is 34.3 Å². The fourth-order valence-electron chi connectivity index (χ4n) is 2.94. The molecule has 0 spiro atoms. The lowest BCUT2D eigenvalue weighted by atomic mass is 9.76. The lowest BCUT2D eigenvalue weighted by molar-refractivity contribution is 0.0477. The summed E-state index contributed by atoms with van der Waals surface area (Å²) in [5.74, 6) is -1.10. The Labute approximate surface area is 127 Å². The summed E-state index contributed by atoms with van der Waals surface area (Å²) in [6.07, 6.45) is 0. The molecule has 0 saturated heterocycles. The zero-order valence-corrected chi connectivity index (χ0v) is 12.2. The third-order valence-electron chi connectivity index (χ3n) is 3.87. The van der Waals surface area contributed by atoms with Gasteiger partial charge in [-0.3, -0.25) is 4.79 Å². The fraction of sp³-hybridized carbons (Fsp3) is 0.235. The smallest absolute Gasteiger partial charge is 0.181 e. The second kappa shape index (κ2) is 4.66. The molecule has 1 unspecified atom stereocenters. The van der Waals surface area contributed by atoms with Gasteiger partial charge in [-0.15, -0.1) is 0 Å². The first-order chi connectivity index (χ1) is 10.3. The maximum atomic E-state index is 12.9. The van der Waals surface area contributed by atoms with E-state index in [1.165, 1.54) is 18.2 Å². The van der Waals surface area contributed by atoms with E-state index in [9.17, 15) is 20.1 Å². The van der Waals surface area contributed by atoms with E-state index in [1.807, 2.05) is 0 Å². The summed E-state index contributed by atoms with van der Waals surface area (Å²) in [4.78, 5) is 12.9. The minimum atomic E-state index is -0.860. The topological polar surface area (TPSA) is 87.0 Å². The minimum absolute atomic E-state index is 0.0650. The molecule has 22 heavy (non-hydrogen) atoms. The maximum absolute atomic E-state index is 12.9. The molecule has 0 aliphatic carbocycles. The molecule has 2 aromatic carbocycles. The van der Waals surface area contributed by atoms with Crippen molar-refractivity contribution in [3.63, 3.8) is 0 Å². The van der Waals surface area contributed by atoms with Crippen LogP contribution >= 0.6 is 0 Å². The summed E-state index contributed by atoms with van der Waals surface area (Å²) in [6, 6.07) is 8.76. The van der Waals surface area contributed by atoms with Crippen LogP contribution in [0, 0.1) is 0 Å². The summed E-state index contributed by atoms with van der Waals surface area (Å²) in [5.41, 5.74) is -0.109. The molecular formula is C17H16O5. The molecule has 1 atom stereocenters. The molecule has 2 aromatic rings. The average Bonchev–Trinajstić information content (AvgIpc) is 2.38. The van der Waals surface area contributed by atoms with Gasteiger partial charge in [-0.1, -0.05) is 12.1 Å². The van der Waals surface area contributed by atoms with Gasteiger partial charge in [0, 0.05) is 12.1 Å². The second-order valence-electron chi connectivity index (χ2n) is 5.93. The Morgan fingerprint density at radius 1 is 1.00 bits per heavy atom. The van der Waals surface area contributed by atoms with E-state index in [4.69, 9.17) is 4.74 Å². The Morgan fingerprint density at radius 3 is 2.27 bits per heavy atom. The Balaban J connectivity index is 2.16. The number of Topliss-reactive ketones (excluding diaryl/α,β-unsaturated/α-hetero) is 1. The number of ether oxygens (including phenoxy) is 1. The number of hydrogen-bond acceptors (Lipinski definition) is 5. The van der Waals surface area contributed by atoms with E-state index >= 15 is 0 Å². The molecule has 1 aliphatic rings. The molecule has 0 aromatic heterocycles. The Hall–Kier alpha value is -2.69. The van der Waals surface area contributed by atoms with Crippen LogP contribution in [0.5, 0.6) is 23.0 Å². The third kappa shape index (κ3) is 2.15. The first-order valence-corrected chi connectivity index (χ1v) is 6.88. The van der Waals surface area contributed by atoms with Crippen LogP contribution in [0.2, 0.25) is 0 Å². The number of rotatable bonds is 1. The molecule has 1 heterocycles. The van der Waals surface area contributed by atoms with Gasteiger partial charge in [0.25, 0.3) is 0 Å². The molecule has 5 nitrogen and oxygen atoms in total. The maximum Gasteiger partial charge on any atom is 0.181 e. The van der Waals surface area contributed by atoms with Crippen LogP contribution in [0.3, 0.4) is 0 Å².